The summed E-state index contributed by atoms with van der Waals surface area (Å²) in [5.74, 6) is 1.08. The molecular formula is C32H32FN3O4. The monoisotopic (exact) mass is 541 g/mol. The van der Waals surface area contributed by atoms with Crippen molar-refractivity contribution in [2.45, 2.75) is 45.1 Å². The second kappa shape index (κ2) is 10.4. The number of hydrogen-bond acceptors (Lipinski definition) is 5. The molecule has 0 saturated heterocycles. The van der Waals surface area contributed by atoms with Crippen molar-refractivity contribution in [3.8, 4) is 28.3 Å². The number of carbonyl (C=O) groups excluding carboxylic acids is 2. The maximum atomic E-state index is 13.6. The zero-order valence-electron chi connectivity index (χ0n) is 22.8. The number of pyridine rings is 1. The van der Waals surface area contributed by atoms with Gasteiger partial charge in [-0.1, -0.05) is 13.3 Å². The van der Waals surface area contributed by atoms with Crippen LogP contribution >= 0.6 is 0 Å². The molecule has 0 radical (unpaired) electrons. The van der Waals surface area contributed by atoms with Crippen molar-refractivity contribution in [3.05, 3.63) is 71.2 Å². The zero-order valence-corrected chi connectivity index (χ0v) is 22.8. The largest absolute Gasteiger partial charge is 0.480 e. The van der Waals surface area contributed by atoms with Gasteiger partial charge in [-0.15, -0.1) is 0 Å². The van der Waals surface area contributed by atoms with Gasteiger partial charge in [0.15, 0.2) is 0 Å². The highest BCUT2D eigenvalue weighted by molar-refractivity contribution is 6.12. The van der Waals surface area contributed by atoms with Crippen LogP contribution in [0.5, 0.6) is 5.88 Å². The fourth-order valence-corrected chi connectivity index (χ4v) is 6.29. The normalized spacial score (nSPS) is 19.4. The lowest BCUT2D eigenvalue weighted by Gasteiger charge is -2.24. The number of rotatable bonds is 8. The number of hydrogen-bond donors (Lipinski definition) is 2. The van der Waals surface area contributed by atoms with Crippen LogP contribution < -0.4 is 15.4 Å². The average molecular weight is 542 g/mol. The third kappa shape index (κ3) is 4.51. The number of aryl methyl sites for hydroxylation is 1. The molecule has 7 rings (SSSR count). The van der Waals surface area contributed by atoms with Crippen LogP contribution in [0.4, 0.5) is 4.39 Å². The van der Waals surface area contributed by atoms with E-state index >= 15 is 0 Å². The number of aromatic nitrogens is 1. The minimum Gasteiger partial charge on any atom is -0.480 e. The molecule has 2 bridgehead atoms. The number of fused-ring (bicyclic) bond motifs is 2. The highest BCUT2D eigenvalue weighted by Gasteiger charge is 2.45. The van der Waals surface area contributed by atoms with E-state index in [0.717, 1.165) is 41.9 Å². The third-order valence-electron chi connectivity index (χ3n) is 8.34. The van der Waals surface area contributed by atoms with Gasteiger partial charge in [0.2, 0.25) is 5.88 Å². The van der Waals surface area contributed by atoms with Gasteiger partial charge >= 0.3 is 0 Å². The molecule has 3 saturated carbocycles. The molecule has 7 nitrogen and oxygen atoms in total. The van der Waals surface area contributed by atoms with Gasteiger partial charge in [-0.05, 0) is 91.1 Å². The van der Waals surface area contributed by atoms with E-state index in [9.17, 15) is 14.0 Å². The van der Waals surface area contributed by atoms with Gasteiger partial charge in [0, 0.05) is 35.8 Å². The number of ether oxygens (including phenoxy) is 1. The van der Waals surface area contributed by atoms with Crippen LogP contribution in [0.25, 0.3) is 33.4 Å². The Balaban J connectivity index is 1.47. The number of nitrogens with one attached hydrogen (secondary N) is 2. The molecule has 0 aliphatic heterocycles. The Bertz CT molecular complexity index is 1600. The molecule has 2 N–H and O–H groups in total. The minimum absolute atomic E-state index is 0.185. The first-order valence-electron chi connectivity index (χ1n) is 13.8. The fourth-order valence-electron chi connectivity index (χ4n) is 6.29. The number of methoxy groups -OCH3 is 1. The molecule has 206 valence electrons. The molecule has 1 atom stereocenters. The molecule has 40 heavy (non-hydrogen) atoms. The maximum absolute atomic E-state index is 13.6. The standard InChI is InChI=1S/C32H32FN3O4/c1-4-5-19-14-27-24(28(31(38)34-2)29(40-27)18-6-8-22(33)9-7-18)15-23(19)21-13-25(32(39-3)35-16-21)30(37)36-26-12-17-10-20(26)11-17/h6-9,13-17,20,26H,4-5,10-12H2,1-3H3,(H,34,38)(H,36,37)/t17?,20?,26-/m0/s1. The summed E-state index contributed by atoms with van der Waals surface area (Å²) in [6.45, 7) is 2.09. The maximum Gasteiger partial charge on any atom is 0.257 e. The van der Waals surface area contributed by atoms with Crippen molar-refractivity contribution >= 4 is 22.8 Å². The molecule has 3 aliphatic rings. The van der Waals surface area contributed by atoms with Crippen molar-refractivity contribution in [3.63, 3.8) is 0 Å². The quantitative estimate of drug-likeness (QED) is 0.279. The van der Waals surface area contributed by atoms with Gasteiger partial charge in [-0.25, -0.2) is 9.37 Å². The van der Waals surface area contributed by atoms with Crippen LogP contribution in [-0.2, 0) is 6.42 Å². The highest BCUT2D eigenvalue weighted by Crippen LogP contribution is 2.48. The average Bonchev–Trinajstić information content (AvgIpc) is 3.64. The Labute approximate surface area is 232 Å². The van der Waals surface area contributed by atoms with E-state index in [1.54, 1.807) is 25.4 Å². The van der Waals surface area contributed by atoms with Gasteiger partial charge in [-0.3, -0.25) is 9.59 Å². The Hall–Kier alpha value is -4.20. The SMILES string of the molecule is CCCc1cc2oc(-c3ccc(F)cc3)c(C(=O)NC)c2cc1-c1cnc(OC)c(C(=O)N[C@H]2CC3CC2C3)c1. The van der Waals surface area contributed by atoms with Crippen molar-refractivity contribution in [1.82, 2.24) is 15.6 Å². The predicted octanol–water partition coefficient (Wildman–Crippen LogP) is 6.15. The predicted molar refractivity (Wildman–Crippen MR) is 151 cm³/mol. The van der Waals surface area contributed by atoms with E-state index in [1.807, 2.05) is 18.2 Å². The summed E-state index contributed by atoms with van der Waals surface area (Å²) >= 11 is 0. The van der Waals surface area contributed by atoms with Gasteiger partial charge < -0.3 is 19.8 Å². The van der Waals surface area contributed by atoms with E-state index < -0.39 is 0 Å². The summed E-state index contributed by atoms with van der Waals surface area (Å²) < 4.78 is 25.3. The summed E-state index contributed by atoms with van der Waals surface area (Å²) in [7, 11) is 3.08. The number of furan rings is 1. The third-order valence-corrected chi connectivity index (χ3v) is 8.34. The first-order chi connectivity index (χ1) is 19.4. The summed E-state index contributed by atoms with van der Waals surface area (Å²) in [5.41, 5.74) is 4.53. The van der Waals surface area contributed by atoms with Gasteiger partial charge in [0.05, 0.1) is 12.7 Å². The highest BCUT2D eigenvalue weighted by atomic mass is 19.1. The van der Waals surface area contributed by atoms with E-state index in [2.05, 4.69) is 22.5 Å². The topological polar surface area (TPSA) is 93.5 Å². The van der Waals surface area contributed by atoms with Crippen LogP contribution in [0, 0.1) is 17.7 Å². The van der Waals surface area contributed by atoms with Crippen molar-refractivity contribution < 1.29 is 23.1 Å². The van der Waals surface area contributed by atoms with Crippen LogP contribution in [0.2, 0.25) is 0 Å². The lowest BCUT2D eigenvalue weighted by Crippen LogP contribution is -2.36. The van der Waals surface area contributed by atoms with Crippen molar-refractivity contribution in [2.75, 3.05) is 14.2 Å². The molecular weight excluding hydrogens is 509 g/mol. The first kappa shape index (κ1) is 26.0. The summed E-state index contributed by atoms with van der Waals surface area (Å²) in [5, 5.41) is 6.54. The Morgan fingerprint density at radius 3 is 2.50 bits per heavy atom. The Morgan fingerprint density at radius 1 is 1.07 bits per heavy atom. The number of benzene rings is 2. The molecule has 2 aromatic carbocycles. The first-order valence-corrected chi connectivity index (χ1v) is 13.8. The molecule has 8 heteroatoms. The van der Waals surface area contributed by atoms with Crippen LogP contribution in [0.3, 0.4) is 0 Å². The van der Waals surface area contributed by atoms with Crippen LogP contribution in [0.1, 0.15) is 58.9 Å². The van der Waals surface area contributed by atoms with Crippen LogP contribution in [0.15, 0.2) is 53.1 Å². The molecule has 3 fully saturated rings. The fraction of sp³-hybridized carbons (Fsp3) is 0.344. The Morgan fingerprint density at radius 2 is 1.85 bits per heavy atom. The molecule has 0 unspecified atom stereocenters. The van der Waals surface area contributed by atoms with E-state index in [0.29, 0.717) is 39.3 Å². The van der Waals surface area contributed by atoms with Crippen molar-refractivity contribution in [1.29, 1.82) is 0 Å². The number of halogens is 1. The second-order valence-electron chi connectivity index (χ2n) is 10.8. The van der Waals surface area contributed by atoms with E-state index in [-0.39, 0.29) is 29.6 Å². The zero-order chi connectivity index (χ0) is 28.0. The number of carbonyl (C=O) groups is 2. The summed E-state index contributed by atoms with van der Waals surface area (Å²) in [6.07, 6.45) is 6.75. The smallest absolute Gasteiger partial charge is 0.257 e. The lowest BCUT2D eigenvalue weighted by atomic mass is 9.84. The van der Waals surface area contributed by atoms with Gasteiger partial charge in [0.25, 0.3) is 11.8 Å². The van der Waals surface area contributed by atoms with Crippen molar-refractivity contribution in [2.24, 2.45) is 11.8 Å². The van der Waals surface area contributed by atoms with E-state index in [4.69, 9.17) is 9.15 Å². The van der Waals surface area contributed by atoms with Crippen LogP contribution in [-0.4, -0.2) is 37.0 Å². The lowest BCUT2D eigenvalue weighted by molar-refractivity contribution is 0.0923. The molecule has 2 amide bonds. The molecule has 2 heterocycles. The molecule has 3 aliphatic carbocycles. The minimum atomic E-state index is -0.370. The van der Waals surface area contributed by atoms with Gasteiger partial charge in [0.1, 0.15) is 22.7 Å². The number of amides is 2. The molecule has 0 spiro atoms. The second-order valence-corrected chi connectivity index (χ2v) is 10.8. The summed E-state index contributed by atoms with van der Waals surface area (Å²) in [6, 6.07) is 11.8. The van der Waals surface area contributed by atoms with E-state index in [1.165, 1.54) is 32.1 Å². The van der Waals surface area contributed by atoms with Gasteiger partial charge in [-0.2, -0.15) is 0 Å². The molecule has 2 aromatic heterocycles. The number of nitrogens with zero attached hydrogens (tertiary/aromatic N) is 1. The molecule has 4 aromatic rings. The summed E-state index contributed by atoms with van der Waals surface area (Å²) in [4.78, 5) is 31.0. The Kier molecular flexibility index (Phi) is 6.78.